The number of nitrogens with zero attached hydrogens (tertiary/aromatic N) is 1. The first kappa shape index (κ1) is 35.2. The lowest BCUT2D eigenvalue weighted by Crippen LogP contribution is -2.29. The number of anilines is 3. The maximum absolute atomic E-state index is 2.52. The van der Waals surface area contributed by atoms with Gasteiger partial charge in [0.05, 0.1) is 16.5 Å². The second-order valence-corrected chi connectivity index (χ2v) is 16.3. The zero-order valence-electron chi connectivity index (χ0n) is 33.6. The van der Waals surface area contributed by atoms with Crippen LogP contribution < -0.4 is 4.90 Å². The molecule has 0 aromatic heterocycles. The predicted molar refractivity (Wildman–Crippen MR) is 253 cm³/mol. The molecule has 1 heteroatoms. The number of para-hydroxylation sites is 1. The van der Waals surface area contributed by atoms with E-state index in [-0.39, 0.29) is 0 Å². The summed E-state index contributed by atoms with van der Waals surface area (Å²) in [5.41, 5.74) is 17.6. The average molecular weight is 776 g/mol. The third-order valence-corrected chi connectivity index (χ3v) is 13.4. The third kappa shape index (κ3) is 5.01. The molecule has 0 bridgehead atoms. The highest BCUT2D eigenvalue weighted by Gasteiger charge is 2.48. The van der Waals surface area contributed by atoms with Crippen LogP contribution in [0.15, 0.2) is 249 Å². The summed E-state index contributed by atoms with van der Waals surface area (Å²) < 4.78 is 0. The highest BCUT2D eigenvalue weighted by molar-refractivity contribution is 6.11. The van der Waals surface area contributed by atoms with E-state index >= 15 is 0 Å². The van der Waals surface area contributed by atoms with Crippen LogP contribution in [0.2, 0.25) is 0 Å². The van der Waals surface area contributed by atoms with E-state index < -0.39 is 10.8 Å². The zero-order chi connectivity index (χ0) is 40.4. The molecule has 0 fully saturated rings. The van der Waals surface area contributed by atoms with Crippen molar-refractivity contribution in [2.45, 2.75) is 10.8 Å². The molecule has 0 atom stereocenters. The maximum Gasteiger partial charge on any atom is 0.0714 e. The normalized spacial score (nSPS) is 13.8. The predicted octanol–water partition coefficient (Wildman–Crippen LogP) is 15.0. The molecule has 0 saturated heterocycles. The molecule has 0 radical (unpaired) electrons. The van der Waals surface area contributed by atoms with Gasteiger partial charge in [-0.1, -0.05) is 218 Å². The summed E-state index contributed by atoms with van der Waals surface area (Å²) in [6.45, 7) is 0. The summed E-state index contributed by atoms with van der Waals surface area (Å²) in [7, 11) is 0. The molecular formula is C60H41N. The van der Waals surface area contributed by atoms with Gasteiger partial charge < -0.3 is 4.90 Å². The van der Waals surface area contributed by atoms with Gasteiger partial charge in [-0.05, 0) is 102 Å². The van der Waals surface area contributed by atoms with Crippen molar-refractivity contribution in [3.05, 3.63) is 293 Å². The van der Waals surface area contributed by atoms with Crippen LogP contribution in [-0.4, -0.2) is 0 Å². The smallest absolute Gasteiger partial charge is 0.0714 e. The molecule has 0 amide bonds. The molecule has 0 saturated carbocycles. The van der Waals surface area contributed by atoms with Gasteiger partial charge >= 0.3 is 0 Å². The van der Waals surface area contributed by atoms with E-state index in [9.17, 15) is 0 Å². The third-order valence-electron chi connectivity index (χ3n) is 13.4. The Hall–Kier alpha value is -7.74. The molecule has 10 aromatic carbocycles. The summed E-state index contributed by atoms with van der Waals surface area (Å²) in [4.78, 5) is 2.51. The highest BCUT2D eigenvalue weighted by atomic mass is 15.1. The first-order valence-electron chi connectivity index (χ1n) is 21.3. The van der Waals surface area contributed by atoms with Crippen LogP contribution in [0.1, 0.15) is 44.5 Å². The molecule has 10 aromatic rings. The number of fused-ring (bicyclic) bond motifs is 8. The van der Waals surface area contributed by atoms with E-state index in [4.69, 9.17) is 0 Å². The summed E-state index contributed by atoms with van der Waals surface area (Å²) >= 11 is 0. The Bertz CT molecular complexity index is 3150. The van der Waals surface area contributed by atoms with Crippen LogP contribution in [0, 0.1) is 0 Å². The second-order valence-electron chi connectivity index (χ2n) is 16.3. The summed E-state index contributed by atoms with van der Waals surface area (Å²) in [5, 5.41) is 2.45. The summed E-state index contributed by atoms with van der Waals surface area (Å²) in [5.74, 6) is 0. The van der Waals surface area contributed by atoms with Crippen molar-refractivity contribution in [2.75, 3.05) is 4.90 Å². The number of benzene rings is 10. The van der Waals surface area contributed by atoms with Crippen LogP contribution in [0.3, 0.4) is 0 Å². The molecule has 2 aliphatic carbocycles. The largest absolute Gasteiger partial charge is 0.310 e. The average Bonchev–Trinajstić information content (AvgIpc) is 3.81. The molecule has 12 rings (SSSR count). The van der Waals surface area contributed by atoms with Gasteiger partial charge in [-0.15, -0.1) is 0 Å². The summed E-state index contributed by atoms with van der Waals surface area (Å²) in [6.07, 6.45) is 0. The van der Waals surface area contributed by atoms with Crippen molar-refractivity contribution in [1.29, 1.82) is 0 Å². The van der Waals surface area contributed by atoms with E-state index in [1.165, 1.54) is 77.5 Å². The van der Waals surface area contributed by atoms with Crippen LogP contribution in [0.5, 0.6) is 0 Å². The van der Waals surface area contributed by atoms with Gasteiger partial charge in [-0.3, -0.25) is 0 Å². The van der Waals surface area contributed by atoms with Crippen molar-refractivity contribution < 1.29 is 0 Å². The minimum absolute atomic E-state index is 0.524. The fraction of sp³-hybridized carbons (Fsp3) is 0.0333. The van der Waals surface area contributed by atoms with Crippen molar-refractivity contribution in [3.8, 4) is 22.3 Å². The van der Waals surface area contributed by atoms with Gasteiger partial charge in [-0.25, -0.2) is 0 Å². The lowest BCUT2D eigenvalue weighted by molar-refractivity contribution is 0.768. The standard InChI is InChI=1S/C60H41N/c1-6-22-42(23-7-1)59(43-24-8-2-9-25-43)53-36-20-18-32-48(53)49-39-38-47(40-55(49)59)61(46-30-14-5-15-31-46)57-41-56-58(51-34-17-16-33-50(51)57)52-35-19-21-37-54(52)60(56,44-26-10-3-11-27-44)45-28-12-4-13-29-45/h1-41H. The lowest BCUT2D eigenvalue weighted by Gasteiger charge is -2.36. The molecule has 0 N–H and O–H groups in total. The van der Waals surface area contributed by atoms with Crippen LogP contribution in [-0.2, 0) is 10.8 Å². The van der Waals surface area contributed by atoms with Crippen molar-refractivity contribution in [2.24, 2.45) is 0 Å². The number of hydrogen-bond acceptors (Lipinski definition) is 1. The number of hydrogen-bond donors (Lipinski definition) is 0. The molecule has 0 spiro atoms. The molecule has 0 aliphatic heterocycles. The van der Waals surface area contributed by atoms with E-state index in [2.05, 4.69) is 254 Å². The molecule has 61 heavy (non-hydrogen) atoms. The van der Waals surface area contributed by atoms with Gasteiger partial charge in [0.1, 0.15) is 0 Å². The SMILES string of the molecule is c1ccc(N(c2ccc3c(c2)C(c2ccccc2)(c2ccccc2)c2ccccc2-3)c2cc3c(c4ccccc24)-c2ccccc2C3(c2ccccc2)c2ccccc2)cc1. The minimum Gasteiger partial charge on any atom is -0.310 e. The Morgan fingerprint density at radius 1 is 0.262 bits per heavy atom. The van der Waals surface area contributed by atoms with Crippen LogP contribution in [0.4, 0.5) is 17.1 Å². The quantitative estimate of drug-likeness (QED) is 0.156. The van der Waals surface area contributed by atoms with E-state index in [0.29, 0.717) is 0 Å². The maximum atomic E-state index is 2.52. The Morgan fingerprint density at radius 2 is 0.672 bits per heavy atom. The molecule has 0 heterocycles. The van der Waals surface area contributed by atoms with Gasteiger partial charge in [-0.2, -0.15) is 0 Å². The first-order valence-corrected chi connectivity index (χ1v) is 21.3. The Morgan fingerprint density at radius 3 is 1.23 bits per heavy atom. The van der Waals surface area contributed by atoms with Crippen molar-refractivity contribution in [3.63, 3.8) is 0 Å². The Kier molecular flexibility index (Phi) is 8.05. The van der Waals surface area contributed by atoms with E-state index in [1.807, 2.05) is 0 Å². The molecular weight excluding hydrogens is 735 g/mol. The van der Waals surface area contributed by atoms with Crippen LogP contribution >= 0.6 is 0 Å². The minimum atomic E-state index is -0.551. The Balaban J connectivity index is 1.19. The monoisotopic (exact) mass is 775 g/mol. The van der Waals surface area contributed by atoms with Crippen molar-refractivity contribution >= 4 is 27.8 Å². The molecule has 286 valence electrons. The first-order chi connectivity index (χ1) is 30.3. The second kappa shape index (κ2) is 13.9. The van der Waals surface area contributed by atoms with Crippen molar-refractivity contribution in [1.82, 2.24) is 0 Å². The number of rotatable bonds is 7. The van der Waals surface area contributed by atoms with Gasteiger partial charge in [0.2, 0.25) is 0 Å². The lowest BCUT2D eigenvalue weighted by atomic mass is 9.67. The summed E-state index contributed by atoms with van der Waals surface area (Å²) in [6, 6.07) is 92.3. The van der Waals surface area contributed by atoms with Gasteiger partial charge in [0, 0.05) is 16.8 Å². The fourth-order valence-electron chi connectivity index (χ4n) is 11.0. The van der Waals surface area contributed by atoms with Gasteiger partial charge in [0.15, 0.2) is 0 Å². The Labute approximate surface area is 357 Å². The van der Waals surface area contributed by atoms with E-state index in [0.717, 1.165) is 17.1 Å². The molecule has 2 aliphatic rings. The van der Waals surface area contributed by atoms with Gasteiger partial charge in [0.25, 0.3) is 0 Å². The zero-order valence-corrected chi connectivity index (χ0v) is 33.6. The molecule has 1 nitrogen and oxygen atoms in total. The highest BCUT2D eigenvalue weighted by Crippen LogP contribution is 2.61. The molecule has 0 unspecified atom stereocenters. The van der Waals surface area contributed by atoms with E-state index in [1.54, 1.807) is 0 Å². The topological polar surface area (TPSA) is 3.24 Å². The fourth-order valence-corrected chi connectivity index (χ4v) is 11.0. The van der Waals surface area contributed by atoms with Crippen LogP contribution in [0.25, 0.3) is 33.0 Å².